The van der Waals surface area contributed by atoms with E-state index in [9.17, 15) is 17.6 Å². The lowest BCUT2D eigenvalue weighted by Gasteiger charge is -2.23. The third kappa shape index (κ3) is 4.33. The lowest BCUT2D eigenvalue weighted by atomic mass is 10.0. The quantitative estimate of drug-likeness (QED) is 0.577. The Morgan fingerprint density at radius 2 is 1.31 bits per heavy atom. The molecule has 0 saturated carbocycles. The molecule has 1 N–H and O–H groups in total. The Kier molecular flexibility index (Phi) is 6.20. The highest BCUT2D eigenvalue weighted by Gasteiger charge is 2.16. The van der Waals surface area contributed by atoms with Gasteiger partial charge in [-0.2, -0.15) is 10.5 Å². The Bertz CT molecular complexity index is 1090. The predicted octanol–water partition coefficient (Wildman–Crippen LogP) is 4.86. The van der Waals surface area contributed by atoms with Crippen molar-refractivity contribution in [1.29, 1.82) is 15.9 Å². The number of hydrogen-bond donors (Lipinski definition) is 1. The molecular formula is C21H14F4N4. The van der Waals surface area contributed by atoms with Crippen molar-refractivity contribution in [2.75, 3.05) is 7.05 Å². The lowest BCUT2D eigenvalue weighted by molar-refractivity contribution is 0.568. The molecule has 0 saturated heterocycles. The van der Waals surface area contributed by atoms with Crippen molar-refractivity contribution < 1.29 is 17.6 Å². The molecule has 0 spiro atoms. The van der Waals surface area contributed by atoms with Crippen LogP contribution in [0.4, 0.5) is 17.6 Å². The Labute approximate surface area is 164 Å². The SMILES string of the molecule is C=C(c1cc(F)c(C#N)c(F)c1)N(C)/C(C)=C/C(=N)c1cc(F)c(C#N)c(F)c1. The molecule has 4 nitrogen and oxygen atoms in total. The highest BCUT2D eigenvalue weighted by atomic mass is 19.1. The van der Waals surface area contributed by atoms with Crippen LogP contribution in [-0.2, 0) is 0 Å². The summed E-state index contributed by atoms with van der Waals surface area (Å²) in [6.45, 7) is 5.32. The normalized spacial score (nSPS) is 10.8. The van der Waals surface area contributed by atoms with Gasteiger partial charge in [-0.15, -0.1) is 0 Å². The standard InChI is InChI=1S/C21H14F4N4/c1-11(4-21(28)14-7-19(24)16(10-27)20(25)8-14)29(3)12(2)13-5-17(22)15(9-26)18(23)6-13/h4-8,28H,2H2,1,3H3/b11-4+,28-21?. The first kappa shape index (κ1) is 21.4. The zero-order chi connectivity index (χ0) is 21.9. The van der Waals surface area contributed by atoms with Crippen molar-refractivity contribution in [1.82, 2.24) is 4.90 Å². The Morgan fingerprint density at radius 1 is 0.931 bits per heavy atom. The Hall–Kier alpha value is -3.91. The van der Waals surface area contributed by atoms with Gasteiger partial charge >= 0.3 is 0 Å². The minimum absolute atomic E-state index is 0.0799. The molecule has 0 aliphatic rings. The molecule has 0 bridgehead atoms. The molecule has 0 aliphatic heterocycles. The zero-order valence-electron chi connectivity index (χ0n) is 15.4. The zero-order valence-corrected chi connectivity index (χ0v) is 15.4. The maximum Gasteiger partial charge on any atom is 0.144 e. The third-order valence-corrected chi connectivity index (χ3v) is 4.24. The first-order chi connectivity index (χ1) is 13.6. The van der Waals surface area contributed by atoms with E-state index in [1.54, 1.807) is 6.92 Å². The molecule has 2 rings (SSSR count). The van der Waals surface area contributed by atoms with E-state index in [1.807, 2.05) is 0 Å². The number of halogens is 4. The number of benzene rings is 2. The van der Waals surface area contributed by atoms with Gasteiger partial charge in [-0.05, 0) is 37.3 Å². The third-order valence-electron chi connectivity index (χ3n) is 4.24. The maximum atomic E-state index is 13.8. The van der Waals surface area contributed by atoms with Crippen LogP contribution >= 0.6 is 0 Å². The molecule has 0 aliphatic carbocycles. The van der Waals surface area contributed by atoms with E-state index >= 15 is 0 Å². The van der Waals surface area contributed by atoms with Crippen molar-refractivity contribution in [3.05, 3.63) is 88.1 Å². The molecule has 0 amide bonds. The summed E-state index contributed by atoms with van der Waals surface area (Å²) in [5.74, 6) is -4.23. The van der Waals surface area contributed by atoms with E-state index in [2.05, 4.69) is 6.58 Å². The molecule has 0 fully saturated rings. The van der Waals surface area contributed by atoms with E-state index in [-0.39, 0.29) is 22.5 Å². The van der Waals surface area contributed by atoms with E-state index in [0.29, 0.717) is 5.70 Å². The van der Waals surface area contributed by atoms with Crippen molar-refractivity contribution in [2.45, 2.75) is 6.92 Å². The summed E-state index contributed by atoms with van der Waals surface area (Å²) in [4.78, 5) is 1.42. The van der Waals surface area contributed by atoms with E-state index in [4.69, 9.17) is 15.9 Å². The van der Waals surface area contributed by atoms with Gasteiger partial charge < -0.3 is 10.3 Å². The molecule has 0 unspecified atom stereocenters. The topological polar surface area (TPSA) is 74.7 Å². The van der Waals surface area contributed by atoms with Crippen molar-refractivity contribution in [2.24, 2.45) is 0 Å². The summed E-state index contributed by atoms with van der Waals surface area (Å²) in [7, 11) is 1.52. The van der Waals surface area contributed by atoms with Gasteiger partial charge in [-0.3, -0.25) is 0 Å². The molecular weight excluding hydrogens is 384 g/mol. The van der Waals surface area contributed by atoms with Gasteiger partial charge in [0.15, 0.2) is 0 Å². The van der Waals surface area contributed by atoms with Crippen LogP contribution in [0.2, 0.25) is 0 Å². The number of hydrogen-bond acceptors (Lipinski definition) is 4. The van der Waals surface area contributed by atoms with E-state index in [1.165, 1.54) is 30.2 Å². The molecule has 0 heterocycles. The summed E-state index contributed by atoms with van der Waals surface area (Å²) in [6, 6.07) is 6.49. The van der Waals surface area contributed by atoms with Crippen LogP contribution in [0, 0.1) is 51.3 Å². The fourth-order valence-corrected chi connectivity index (χ4v) is 2.48. The largest absolute Gasteiger partial charge is 0.348 e. The average Bonchev–Trinajstić information content (AvgIpc) is 2.66. The van der Waals surface area contributed by atoms with Crippen LogP contribution in [-0.4, -0.2) is 17.7 Å². The van der Waals surface area contributed by atoms with Crippen LogP contribution in [0.25, 0.3) is 5.70 Å². The van der Waals surface area contributed by atoms with E-state index in [0.717, 1.165) is 24.3 Å². The number of nitrogens with zero attached hydrogens (tertiary/aromatic N) is 3. The minimum atomic E-state index is -1.08. The smallest absolute Gasteiger partial charge is 0.144 e. The van der Waals surface area contributed by atoms with Gasteiger partial charge in [0, 0.05) is 29.6 Å². The molecule has 2 aromatic carbocycles. The molecule has 0 atom stereocenters. The number of nitrogens with one attached hydrogen (secondary N) is 1. The van der Waals surface area contributed by atoms with Crippen LogP contribution in [0.15, 0.2) is 42.6 Å². The van der Waals surface area contributed by atoms with Gasteiger partial charge in [0.1, 0.15) is 46.5 Å². The maximum absolute atomic E-state index is 13.8. The predicted molar refractivity (Wildman–Crippen MR) is 99.5 cm³/mol. The van der Waals surface area contributed by atoms with Gasteiger partial charge in [0.2, 0.25) is 0 Å². The summed E-state index contributed by atoms with van der Waals surface area (Å²) < 4.78 is 55.2. The average molecular weight is 398 g/mol. The Balaban J connectivity index is 2.32. The lowest BCUT2D eigenvalue weighted by Crippen LogP contribution is -2.15. The van der Waals surface area contributed by atoms with E-state index < -0.39 is 34.4 Å². The fraction of sp³-hybridized carbons (Fsp3) is 0.0952. The fourth-order valence-electron chi connectivity index (χ4n) is 2.48. The van der Waals surface area contributed by atoms with Crippen LogP contribution in [0.1, 0.15) is 29.2 Å². The highest BCUT2D eigenvalue weighted by Crippen LogP contribution is 2.24. The summed E-state index contributed by atoms with van der Waals surface area (Å²) in [5.41, 5.74) is -1.15. The summed E-state index contributed by atoms with van der Waals surface area (Å²) in [6.07, 6.45) is 1.28. The monoisotopic (exact) mass is 398 g/mol. The highest BCUT2D eigenvalue weighted by molar-refractivity contribution is 6.07. The van der Waals surface area contributed by atoms with Crippen molar-refractivity contribution in [3.8, 4) is 12.1 Å². The molecule has 0 radical (unpaired) electrons. The second-order valence-electron chi connectivity index (χ2n) is 6.06. The van der Waals surface area contributed by atoms with Crippen molar-refractivity contribution in [3.63, 3.8) is 0 Å². The molecule has 0 aromatic heterocycles. The second kappa shape index (κ2) is 8.41. The van der Waals surface area contributed by atoms with Gasteiger partial charge in [0.05, 0.1) is 5.71 Å². The van der Waals surface area contributed by atoms with Crippen LogP contribution in [0.5, 0.6) is 0 Å². The van der Waals surface area contributed by atoms with Gasteiger partial charge in [0.25, 0.3) is 0 Å². The molecule has 29 heavy (non-hydrogen) atoms. The Morgan fingerprint density at radius 3 is 1.69 bits per heavy atom. The van der Waals surface area contributed by atoms with Gasteiger partial charge in [-0.1, -0.05) is 6.58 Å². The minimum Gasteiger partial charge on any atom is -0.348 e. The molecule has 8 heteroatoms. The number of nitriles is 2. The van der Waals surface area contributed by atoms with Gasteiger partial charge in [-0.25, -0.2) is 17.6 Å². The second-order valence-corrected chi connectivity index (χ2v) is 6.06. The molecule has 2 aromatic rings. The molecule has 146 valence electrons. The first-order valence-electron chi connectivity index (χ1n) is 8.09. The number of rotatable bonds is 5. The van der Waals surface area contributed by atoms with Crippen molar-refractivity contribution >= 4 is 11.4 Å². The summed E-state index contributed by atoms with van der Waals surface area (Å²) in [5, 5.41) is 25.5. The van der Waals surface area contributed by atoms with Crippen LogP contribution < -0.4 is 0 Å². The first-order valence-corrected chi connectivity index (χ1v) is 8.09. The number of allylic oxidation sites excluding steroid dienone is 2. The van der Waals surface area contributed by atoms with Crippen LogP contribution in [0.3, 0.4) is 0 Å². The summed E-state index contributed by atoms with van der Waals surface area (Å²) >= 11 is 0.